The van der Waals surface area contributed by atoms with Crippen LogP contribution < -0.4 is 5.32 Å². The molecule has 4 heteroatoms. The molecular formula is C12H14N2O2. The zero-order valence-electron chi connectivity index (χ0n) is 9.10. The summed E-state index contributed by atoms with van der Waals surface area (Å²) in [5.41, 5.74) is 2.25. The predicted molar refractivity (Wildman–Crippen MR) is 62.3 cm³/mol. The first kappa shape index (κ1) is 10.7. The van der Waals surface area contributed by atoms with Crippen molar-refractivity contribution in [3.63, 3.8) is 0 Å². The molecule has 2 aromatic rings. The third-order valence-electron chi connectivity index (χ3n) is 2.63. The lowest BCUT2D eigenvalue weighted by molar-refractivity contribution is -0.136. The summed E-state index contributed by atoms with van der Waals surface area (Å²) in [5, 5.41) is 12.6. The number of aryl methyl sites for hydroxylation is 1. The average Bonchev–Trinajstić information content (AvgIpc) is 2.56. The molecule has 0 atom stereocenters. The quantitative estimate of drug-likeness (QED) is 0.814. The zero-order chi connectivity index (χ0) is 11.5. The van der Waals surface area contributed by atoms with E-state index in [1.165, 1.54) is 5.39 Å². The molecule has 0 saturated heterocycles. The molecule has 0 saturated carbocycles. The van der Waals surface area contributed by atoms with Crippen LogP contribution in [0, 0.1) is 0 Å². The van der Waals surface area contributed by atoms with E-state index < -0.39 is 5.97 Å². The number of nitrogens with one attached hydrogen (secondary N) is 1. The maximum absolute atomic E-state index is 10.4. The van der Waals surface area contributed by atoms with Gasteiger partial charge in [0.25, 0.3) is 0 Å². The molecule has 16 heavy (non-hydrogen) atoms. The van der Waals surface area contributed by atoms with Gasteiger partial charge in [0.05, 0.1) is 6.54 Å². The fourth-order valence-electron chi connectivity index (χ4n) is 1.81. The Morgan fingerprint density at radius 2 is 2.19 bits per heavy atom. The highest BCUT2D eigenvalue weighted by molar-refractivity contribution is 5.81. The van der Waals surface area contributed by atoms with Crippen molar-refractivity contribution in [2.45, 2.75) is 6.54 Å². The second-order valence-corrected chi connectivity index (χ2v) is 3.75. The first-order chi connectivity index (χ1) is 7.68. The van der Waals surface area contributed by atoms with Gasteiger partial charge in [-0.15, -0.1) is 0 Å². The second kappa shape index (κ2) is 4.37. The normalized spacial score (nSPS) is 10.8. The molecule has 1 aromatic heterocycles. The standard InChI is InChI=1S/C12H14N2O2/c1-14-10(7-13-8-12(15)16)6-9-4-2-3-5-11(9)14/h2-6,13H,7-8H2,1H3,(H,15,16). The van der Waals surface area contributed by atoms with Crippen LogP contribution in [0.5, 0.6) is 0 Å². The number of fused-ring (bicyclic) bond motifs is 1. The van der Waals surface area contributed by atoms with E-state index in [1.807, 2.05) is 19.2 Å². The molecule has 84 valence electrons. The van der Waals surface area contributed by atoms with Crippen LogP contribution in [0.15, 0.2) is 30.3 Å². The Morgan fingerprint density at radius 3 is 2.88 bits per heavy atom. The van der Waals surface area contributed by atoms with Gasteiger partial charge in [-0.3, -0.25) is 4.79 Å². The number of nitrogens with zero attached hydrogens (tertiary/aromatic N) is 1. The minimum Gasteiger partial charge on any atom is -0.480 e. The van der Waals surface area contributed by atoms with Gasteiger partial charge in [-0.05, 0) is 17.5 Å². The van der Waals surface area contributed by atoms with Crippen molar-refractivity contribution in [3.05, 3.63) is 36.0 Å². The molecule has 4 nitrogen and oxygen atoms in total. The second-order valence-electron chi connectivity index (χ2n) is 3.75. The lowest BCUT2D eigenvalue weighted by Crippen LogP contribution is -2.22. The number of hydrogen-bond acceptors (Lipinski definition) is 2. The van der Waals surface area contributed by atoms with Crippen molar-refractivity contribution in [2.24, 2.45) is 7.05 Å². The molecule has 0 unspecified atom stereocenters. The molecule has 0 fully saturated rings. The van der Waals surface area contributed by atoms with Crippen LogP contribution in [0.25, 0.3) is 10.9 Å². The average molecular weight is 218 g/mol. The molecule has 0 aliphatic carbocycles. The SMILES string of the molecule is Cn1c(CNCC(=O)O)cc2ccccc21. The topological polar surface area (TPSA) is 54.3 Å². The fourth-order valence-corrected chi connectivity index (χ4v) is 1.81. The minimum atomic E-state index is -0.834. The van der Waals surface area contributed by atoms with Gasteiger partial charge in [-0.25, -0.2) is 0 Å². The van der Waals surface area contributed by atoms with Gasteiger partial charge in [0.1, 0.15) is 0 Å². The third-order valence-corrected chi connectivity index (χ3v) is 2.63. The summed E-state index contributed by atoms with van der Waals surface area (Å²) in [7, 11) is 1.99. The zero-order valence-corrected chi connectivity index (χ0v) is 9.10. The summed E-state index contributed by atoms with van der Waals surface area (Å²) in [5.74, 6) is -0.834. The Balaban J connectivity index is 2.18. The van der Waals surface area contributed by atoms with Crippen LogP contribution in [0.2, 0.25) is 0 Å². The number of aromatic nitrogens is 1. The van der Waals surface area contributed by atoms with E-state index >= 15 is 0 Å². The van der Waals surface area contributed by atoms with Crippen LogP contribution >= 0.6 is 0 Å². The lowest BCUT2D eigenvalue weighted by Gasteiger charge is -2.04. The summed E-state index contributed by atoms with van der Waals surface area (Å²) < 4.78 is 2.07. The molecule has 0 spiro atoms. The van der Waals surface area contributed by atoms with Crippen molar-refractivity contribution in [3.8, 4) is 0 Å². The van der Waals surface area contributed by atoms with E-state index in [0.29, 0.717) is 6.54 Å². The minimum absolute atomic E-state index is 0.0124. The van der Waals surface area contributed by atoms with Crippen molar-refractivity contribution < 1.29 is 9.90 Å². The number of hydrogen-bond donors (Lipinski definition) is 2. The van der Waals surface area contributed by atoms with Gasteiger partial charge in [0.2, 0.25) is 0 Å². The number of carbonyl (C=O) groups is 1. The van der Waals surface area contributed by atoms with Crippen LogP contribution in [0.4, 0.5) is 0 Å². The lowest BCUT2D eigenvalue weighted by atomic mass is 10.2. The Bertz CT molecular complexity index is 517. The molecule has 0 aliphatic heterocycles. The van der Waals surface area contributed by atoms with Crippen LogP contribution in [0.1, 0.15) is 5.69 Å². The van der Waals surface area contributed by atoms with E-state index in [1.54, 1.807) is 0 Å². The van der Waals surface area contributed by atoms with E-state index in [-0.39, 0.29) is 6.54 Å². The molecule has 2 rings (SSSR count). The first-order valence-corrected chi connectivity index (χ1v) is 5.14. The molecule has 0 bridgehead atoms. The van der Waals surface area contributed by atoms with Crippen LogP contribution in [0.3, 0.4) is 0 Å². The molecule has 0 amide bonds. The highest BCUT2D eigenvalue weighted by Crippen LogP contribution is 2.17. The number of carboxylic acids is 1. The molecule has 1 heterocycles. The fraction of sp³-hybridized carbons (Fsp3) is 0.250. The van der Waals surface area contributed by atoms with Crippen molar-refractivity contribution in [1.29, 1.82) is 0 Å². The summed E-state index contributed by atoms with van der Waals surface area (Å²) in [6.07, 6.45) is 0. The summed E-state index contributed by atoms with van der Waals surface area (Å²) >= 11 is 0. The van der Waals surface area contributed by atoms with Crippen molar-refractivity contribution >= 4 is 16.9 Å². The Morgan fingerprint density at radius 1 is 1.44 bits per heavy atom. The predicted octanol–water partition coefficient (Wildman–Crippen LogP) is 1.35. The van der Waals surface area contributed by atoms with Crippen molar-refractivity contribution in [2.75, 3.05) is 6.54 Å². The first-order valence-electron chi connectivity index (χ1n) is 5.14. The van der Waals surface area contributed by atoms with Gasteiger partial charge < -0.3 is 15.0 Å². The number of rotatable bonds is 4. The molecule has 2 N–H and O–H groups in total. The van der Waals surface area contributed by atoms with E-state index in [0.717, 1.165) is 11.2 Å². The Labute approximate surface area is 93.5 Å². The highest BCUT2D eigenvalue weighted by atomic mass is 16.4. The number of benzene rings is 1. The third kappa shape index (κ3) is 2.06. The number of aliphatic carboxylic acids is 1. The van der Waals surface area contributed by atoms with Gasteiger partial charge >= 0.3 is 5.97 Å². The van der Waals surface area contributed by atoms with Crippen LogP contribution in [-0.4, -0.2) is 22.2 Å². The maximum Gasteiger partial charge on any atom is 0.317 e. The maximum atomic E-state index is 10.4. The van der Waals surface area contributed by atoms with Crippen LogP contribution in [-0.2, 0) is 18.4 Å². The summed E-state index contributed by atoms with van der Waals surface area (Å²) in [4.78, 5) is 10.4. The molecule has 0 radical (unpaired) electrons. The summed E-state index contributed by atoms with van der Waals surface area (Å²) in [6, 6.07) is 10.2. The summed E-state index contributed by atoms with van der Waals surface area (Å²) in [6.45, 7) is 0.555. The van der Waals surface area contributed by atoms with E-state index in [4.69, 9.17) is 5.11 Å². The monoisotopic (exact) mass is 218 g/mol. The Kier molecular flexibility index (Phi) is 2.92. The highest BCUT2D eigenvalue weighted by Gasteiger charge is 2.04. The largest absolute Gasteiger partial charge is 0.480 e. The van der Waals surface area contributed by atoms with E-state index in [9.17, 15) is 4.79 Å². The van der Waals surface area contributed by atoms with Gasteiger partial charge in [0, 0.05) is 24.8 Å². The van der Waals surface area contributed by atoms with Gasteiger partial charge in [0.15, 0.2) is 0 Å². The number of carboxylic acid groups (broad SMARTS) is 1. The van der Waals surface area contributed by atoms with Gasteiger partial charge in [-0.1, -0.05) is 18.2 Å². The van der Waals surface area contributed by atoms with E-state index in [2.05, 4.69) is 28.1 Å². The molecular weight excluding hydrogens is 204 g/mol. The van der Waals surface area contributed by atoms with Gasteiger partial charge in [-0.2, -0.15) is 0 Å². The molecule has 0 aliphatic rings. The van der Waals surface area contributed by atoms with Crippen molar-refractivity contribution in [1.82, 2.24) is 9.88 Å². The Hall–Kier alpha value is -1.81. The number of para-hydroxylation sites is 1. The smallest absolute Gasteiger partial charge is 0.317 e. The molecule has 1 aromatic carbocycles.